The van der Waals surface area contributed by atoms with Crippen molar-refractivity contribution in [2.75, 3.05) is 51.8 Å². The molecule has 0 aromatic rings. The summed E-state index contributed by atoms with van der Waals surface area (Å²) < 4.78 is 0. The maximum Gasteiger partial charge on any atom is 0.218 e. The van der Waals surface area contributed by atoms with Gasteiger partial charge in [0, 0.05) is 51.9 Å². The van der Waals surface area contributed by atoms with Gasteiger partial charge in [0.2, 0.25) is 5.91 Å². The van der Waals surface area contributed by atoms with Crippen molar-refractivity contribution < 1.29 is 4.79 Å². The molecule has 0 aromatic carbocycles. The van der Waals surface area contributed by atoms with Crippen molar-refractivity contribution in [3.8, 4) is 0 Å². The molecule has 134 valence electrons. The molecule has 1 heterocycles. The van der Waals surface area contributed by atoms with Crippen LogP contribution in [0.15, 0.2) is 0 Å². The lowest BCUT2D eigenvalue weighted by Crippen LogP contribution is -2.16. The summed E-state index contributed by atoms with van der Waals surface area (Å²) in [7, 11) is 0. The summed E-state index contributed by atoms with van der Waals surface area (Å²) in [6.07, 6.45) is 1.87. The molecule has 2 nitrogen and oxygen atoms in total. The van der Waals surface area contributed by atoms with E-state index in [9.17, 15) is 4.79 Å². The van der Waals surface area contributed by atoms with Gasteiger partial charge in [0.25, 0.3) is 0 Å². The quantitative estimate of drug-likeness (QED) is 0.741. The van der Waals surface area contributed by atoms with Gasteiger partial charge in [-0.2, -0.15) is 58.8 Å². The van der Waals surface area contributed by atoms with E-state index < -0.39 is 0 Å². The van der Waals surface area contributed by atoms with E-state index in [1.54, 1.807) is 0 Å². The summed E-state index contributed by atoms with van der Waals surface area (Å²) in [4.78, 5) is 10.8. The monoisotopic (exact) mass is 403 g/mol. The van der Waals surface area contributed by atoms with Crippen molar-refractivity contribution in [3.05, 3.63) is 0 Å². The van der Waals surface area contributed by atoms with Gasteiger partial charge in [0.1, 0.15) is 0 Å². The van der Waals surface area contributed by atoms with Crippen LogP contribution < -0.4 is 5.73 Å². The molecule has 0 aromatic heterocycles. The van der Waals surface area contributed by atoms with Crippen LogP contribution >= 0.6 is 58.8 Å². The highest BCUT2D eigenvalue weighted by atomic mass is 32.2. The zero-order chi connectivity index (χ0) is 14.5. The third-order valence-electron chi connectivity index (χ3n) is 2.63. The molecule has 22 heavy (non-hydrogen) atoms. The van der Waals surface area contributed by atoms with Gasteiger partial charge in [-0.05, 0) is 17.9 Å². The van der Waals surface area contributed by atoms with Crippen molar-refractivity contribution in [1.29, 1.82) is 0 Å². The van der Waals surface area contributed by atoms with Gasteiger partial charge in [-0.3, -0.25) is 4.79 Å². The highest BCUT2D eigenvalue weighted by Crippen LogP contribution is 2.23. The number of carbonyl (C=O) groups excluding carboxylic acids is 1. The molecule has 0 aliphatic carbocycles. The second-order valence-corrected chi connectivity index (χ2v) is 10.6. The lowest BCUT2D eigenvalue weighted by Gasteiger charge is -2.16. The average Bonchev–Trinajstić information content (AvgIpc) is 2.42. The Bertz CT molecular complexity index is 242. The Morgan fingerprint density at radius 2 is 1.41 bits per heavy atom. The van der Waals surface area contributed by atoms with Crippen LogP contribution in [-0.2, 0) is 4.79 Å². The van der Waals surface area contributed by atoms with Crippen LogP contribution in [0.2, 0.25) is 0 Å². The molecular formula is C15H33NOS5. The van der Waals surface area contributed by atoms with Crippen LogP contribution in [0.25, 0.3) is 0 Å². The molecule has 0 unspecified atom stereocenters. The van der Waals surface area contributed by atoms with Crippen molar-refractivity contribution in [2.45, 2.75) is 32.9 Å². The van der Waals surface area contributed by atoms with Crippen molar-refractivity contribution in [2.24, 2.45) is 5.73 Å². The molecule has 1 fully saturated rings. The molecule has 1 rings (SSSR count). The molecule has 0 bridgehead atoms. The third kappa shape index (κ3) is 16.1. The Morgan fingerprint density at radius 3 is 1.91 bits per heavy atom. The Labute approximate surface area is 159 Å². The number of hydrogen-bond acceptors (Lipinski definition) is 6. The van der Waals surface area contributed by atoms with Crippen LogP contribution in [0.4, 0.5) is 0 Å². The Balaban J connectivity index is 0. The van der Waals surface area contributed by atoms with Crippen molar-refractivity contribution in [1.82, 2.24) is 0 Å². The van der Waals surface area contributed by atoms with Crippen molar-refractivity contribution >= 4 is 64.7 Å². The lowest BCUT2D eigenvalue weighted by atomic mass is 10.5. The number of nitrogens with two attached hydrogens (primary N) is 1. The third-order valence-corrected chi connectivity index (χ3v) is 9.22. The maximum atomic E-state index is 10.8. The molecule has 2 N–H and O–H groups in total. The minimum atomic E-state index is -0.175. The number of thioether (sulfide) groups is 5. The van der Waals surface area contributed by atoms with Gasteiger partial charge in [-0.1, -0.05) is 14.9 Å². The summed E-state index contributed by atoms with van der Waals surface area (Å²) >= 11 is 10.3. The van der Waals surface area contributed by atoms with E-state index in [0.717, 1.165) is 5.75 Å². The zero-order valence-corrected chi connectivity index (χ0v) is 16.0. The molecular weight excluding hydrogens is 371 g/mol. The minimum absolute atomic E-state index is 0. The van der Waals surface area contributed by atoms with Gasteiger partial charge in [0.05, 0.1) is 0 Å². The molecule has 7 heteroatoms. The summed E-state index contributed by atoms with van der Waals surface area (Å²) in [6, 6.07) is 0. The lowest BCUT2D eigenvalue weighted by molar-refractivity contribution is -0.117. The fraction of sp³-hybridized carbons (Fsp3) is 0.933. The Kier molecular flexibility index (Phi) is 21.5. The molecule has 0 atom stereocenters. The minimum Gasteiger partial charge on any atom is -0.370 e. The van der Waals surface area contributed by atoms with E-state index in [1.807, 2.05) is 11.8 Å². The van der Waals surface area contributed by atoms with Gasteiger partial charge in [0.15, 0.2) is 0 Å². The average molecular weight is 404 g/mol. The summed E-state index contributed by atoms with van der Waals surface area (Å²) in [5.41, 5.74) is 5.21. The molecule has 0 saturated carbocycles. The standard InChI is InChI=1S/C13H25NOS5.2CH4/c14-13(15)2-5-20-12-10-18-8-6-16-3-1-4-17-7-9-19-11-12;;/h12H,1-11H2,(H2,14,15);2*1H4. The first-order chi connectivity index (χ1) is 9.79. The van der Waals surface area contributed by atoms with Crippen LogP contribution in [0, 0.1) is 0 Å². The molecule has 0 spiro atoms. The summed E-state index contributed by atoms with van der Waals surface area (Å²) in [6.45, 7) is 0. The number of amides is 1. The summed E-state index contributed by atoms with van der Waals surface area (Å²) in [5, 5.41) is 0.669. The number of primary amides is 1. The molecule has 1 saturated heterocycles. The Hall–Kier alpha value is 1.22. The molecule has 1 amide bonds. The maximum absolute atomic E-state index is 10.8. The van der Waals surface area contributed by atoms with E-state index in [2.05, 4.69) is 47.0 Å². The van der Waals surface area contributed by atoms with Gasteiger partial charge in [-0.25, -0.2) is 0 Å². The SMILES string of the molecule is C.C.NC(=O)CCSC1CSCCSCCCSCCSC1. The van der Waals surface area contributed by atoms with Crippen LogP contribution in [0.1, 0.15) is 27.7 Å². The second kappa shape index (κ2) is 18.6. The van der Waals surface area contributed by atoms with E-state index in [-0.39, 0.29) is 20.8 Å². The van der Waals surface area contributed by atoms with Gasteiger partial charge < -0.3 is 5.73 Å². The first kappa shape index (κ1) is 25.5. The molecule has 1 aliphatic heterocycles. The fourth-order valence-corrected chi connectivity index (χ4v) is 8.02. The second-order valence-electron chi connectivity index (χ2n) is 4.44. The Morgan fingerprint density at radius 1 is 0.909 bits per heavy atom. The van der Waals surface area contributed by atoms with E-state index >= 15 is 0 Å². The number of hydrogen-bond donors (Lipinski definition) is 1. The number of carbonyl (C=O) groups is 1. The van der Waals surface area contributed by atoms with E-state index in [4.69, 9.17) is 5.73 Å². The van der Waals surface area contributed by atoms with E-state index in [1.165, 1.54) is 52.4 Å². The molecule has 1 aliphatic rings. The highest BCUT2D eigenvalue weighted by Gasteiger charge is 2.11. The van der Waals surface area contributed by atoms with Crippen LogP contribution in [0.5, 0.6) is 0 Å². The smallest absolute Gasteiger partial charge is 0.218 e. The topological polar surface area (TPSA) is 43.1 Å². The van der Waals surface area contributed by atoms with Crippen molar-refractivity contribution in [3.63, 3.8) is 0 Å². The van der Waals surface area contributed by atoms with Crippen LogP contribution in [-0.4, -0.2) is 62.9 Å². The molecule has 0 radical (unpaired) electrons. The van der Waals surface area contributed by atoms with Crippen LogP contribution in [0.3, 0.4) is 0 Å². The highest BCUT2D eigenvalue weighted by molar-refractivity contribution is 8.06. The number of rotatable bonds is 4. The van der Waals surface area contributed by atoms with Gasteiger partial charge in [-0.15, -0.1) is 0 Å². The largest absolute Gasteiger partial charge is 0.370 e. The summed E-state index contributed by atoms with van der Waals surface area (Å²) in [5.74, 6) is 10.8. The predicted octanol–water partition coefficient (Wildman–Crippen LogP) is 4.57. The fourth-order valence-electron chi connectivity index (χ4n) is 1.60. The van der Waals surface area contributed by atoms with Gasteiger partial charge >= 0.3 is 0 Å². The predicted molar refractivity (Wildman–Crippen MR) is 117 cm³/mol. The first-order valence-electron chi connectivity index (χ1n) is 7.00. The normalized spacial score (nSPS) is 19.3. The van der Waals surface area contributed by atoms with E-state index in [0.29, 0.717) is 11.7 Å². The zero-order valence-electron chi connectivity index (χ0n) is 11.9. The first-order valence-corrected chi connectivity index (χ1v) is 12.7.